The van der Waals surface area contributed by atoms with E-state index in [4.69, 9.17) is 5.11 Å². The normalized spacial score (nSPS) is 24.2. The summed E-state index contributed by atoms with van der Waals surface area (Å²) in [6, 6.07) is 0. The molecule has 0 aromatic rings. The Balaban J connectivity index is 1.96. The van der Waals surface area contributed by atoms with Gasteiger partial charge in [0.2, 0.25) is 5.91 Å². The Morgan fingerprint density at radius 2 is 1.88 bits per heavy atom. The Kier molecular flexibility index (Phi) is 2.91. The molecule has 0 radical (unpaired) electrons. The third-order valence-electron chi connectivity index (χ3n) is 4.21. The zero-order valence-electron chi connectivity index (χ0n) is 9.74. The number of carboxylic acids is 1. The standard InChI is InChI=1S/C12H19NO3/c1-2-12(5-3-4-6-12)11(16)13-7-9(8-13)10(14)15/h9H,2-8H2,1H3,(H,14,15). The zero-order chi connectivity index (χ0) is 11.8. The first-order chi connectivity index (χ1) is 7.59. The van der Waals surface area contributed by atoms with Crippen LogP contribution in [0.15, 0.2) is 0 Å². The smallest absolute Gasteiger partial charge is 0.310 e. The second-order valence-corrected chi connectivity index (χ2v) is 5.09. The van der Waals surface area contributed by atoms with Gasteiger partial charge in [-0.3, -0.25) is 9.59 Å². The first-order valence-electron chi connectivity index (χ1n) is 6.11. The van der Waals surface area contributed by atoms with Gasteiger partial charge in [0.25, 0.3) is 0 Å². The van der Waals surface area contributed by atoms with E-state index in [0.717, 1.165) is 32.1 Å². The SMILES string of the molecule is CCC1(C(=O)N2CC(C(=O)O)C2)CCCC1. The summed E-state index contributed by atoms with van der Waals surface area (Å²) in [5.74, 6) is -0.912. The van der Waals surface area contributed by atoms with Crippen molar-refractivity contribution in [2.45, 2.75) is 39.0 Å². The van der Waals surface area contributed by atoms with Crippen molar-refractivity contribution < 1.29 is 14.7 Å². The van der Waals surface area contributed by atoms with E-state index in [2.05, 4.69) is 6.92 Å². The molecule has 0 atom stereocenters. The number of likely N-dealkylation sites (tertiary alicyclic amines) is 1. The molecule has 90 valence electrons. The van der Waals surface area contributed by atoms with E-state index in [1.165, 1.54) is 0 Å². The summed E-state index contributed by atoms with van der Waals surface area (Å²) in [5, 5.41) is 8.78. The van der Waals surface area contributed by atoms with Crippen LogP contribution in [0.25, 0.3) is 0 Å². The highest BCUT2D eigenvalue weighted by molar-refractivity contribution is 5.85. The first-order valence-corrected chi connectivity index (χ1v) is 6.11. The highest BCUT2D eigenvalue weighted by Gasteiger charge is 2.46. The van der Waals surface area contributed by atoms with Gasteiger partial charge in [0.1, 0.15) is 0 Å². The van der Waals surface area contributed by atoms with Crippen LogP contribution in [-0.4, -0.2) is 35.0 Å². The van der Waals surface area contributed by atoms with Crippen molar-refractivity contribution in [2.24, 2.45) is 11.3 Å². The molecule has 1 heterocycles. The minimum Gasteiger partial charge on any atom is -0.481 e. The molecule has 0 spiro atoms. The van der Waals surface area contributed by atoms with Crippen molar-refractivity contribution >= 4 is 11.9 Å². The van der Waals surface area contributed by atoms with Gasteiger partial charge in [-0.05, 0) is 19.3 Å². The summed E-state index contributed by atoms with van der Waals surface area (Å²) >= 11 is 0. The van der Waals surface area contributed by atoms with Gasteiger partial charge in [-0.2, -0.15) is 0 Å². The van der Waals surface area contributed by atoms with Gasteiger partial charge in [-0.1, -0.05) is 19.8 Å². The summed E-state index contributed by atoms with van der Waals surface area (Å²) in [5.41, 5.74) is -0.163. The van der Waals surface area contributed by atoms with E-state index < -0.39 is 5.97 Å². The molecular weight excluding hydrogens is 206 g/mol. The molecule has 1 saturated heterocycles. The highest BCUT2D eigenvalue weighted by atomic mass is 16.4. The molecular formula is C12H19NO3. The molecule has 0 unspecified atom stereocenters. The molecule has 1 aliphatic heterocycles. The summed E-state index contributed by atoms with van der Waals surface area (Å²) in [4.78, 5) is 24.7. The van der Waals surface area contributed by atoms with E-state index in [1.807, 2.05) is 0 Å². The summed E-state index contributed by atoms with van der Waals surface area (Å²) < 4.78 is 0. The molecule has 1 saturated carbocycles. The fourth-order valence-electron chi connectivity index (χ4n) is 2.91. The lowest BCUT2D eigenvalue weighted by molar-refractivity contribution is -0.158. The Hall–Kier alpha value is -1.06. The lowest BCUT2D eigenvalue weighted by Gasteiger charge is -2.42. The summed E-state index contributed by atoms with van der Waals surface area (Å²) in [6.07, 6.45) is 5.12. The van der Waals surface area contributed by atoms with E-state index in [1.54, 1.807) is 4.90 Å². The van der Waals surface area contributed by atoms with Crippen LogP contribution in [0.3, 0.4) is 0 Å². The van der Waals surface area contributed by atoms with Crippen molar-refractivity contribution in [3.63, 3.8) is 0 Å². The molecule has 1 aliphatic carbocycles. The number of carbonyl (C=O) groups is 2. The van der Waals surface area contributed by atoms with Crippen LogP contribution >= 0.6 is 0 Å². The molecule has 4 heteroatoms. The molecule has 2 rings (SSSR count). The molecule has 4 nitrogen and oxygen atoms in total. The van der Waals surface area contributed by atoms with Gasteiger partial charge >= 0.3 is 5.97 Å². The van der Waals surface area contributed by atoms with Crippen molar-refractivity contribution in [3.8, 4) is 0 Å². The van der Waals surface area contributed by atoms with Crippen molar-refractivity contribution in [2.75, 3.05) is 13.1 Å². The van der Waals surface area contributed by atoms with E-state index in [0.29, 0.717) is 13.1 Å². The van der Waals surface area contributed by atoms with Gasteiger partial charge in [0.15, 0.2) is 0 Å². The van der Waals surface area contributed by atoms with Gasteiger partial charge < -0.3 is 10.0 Å². The summed E-state index contributed by atoms with van der Waals surface area (Å²) in [7, 11) is 0. The number of carbonyl (C=O) groups excluding carboxylic acids is 1. The first kappa shape index (κ1) is 11.4. The predicted molar refractivity (Wildman–Crippen MR) is 58.9 cm³/mol. The maximum absolute atomic E-state index is 12.3. The van der Waals surface area contributed by atoms with E-state index >= 15 is 0 Å². The number of amides is 1. The maximum atomic E-state index is 12.3. The number of rotatable bonds is 3. The molecule has 1 amide bonds. The average Bonchev–Trinajstić information content (AvgIpc) is 2.63. The molecule has 0 aromatic heterocycles. The minimum atomic E-state index is -0.777. The second kappa shape index (κ2) is 4.07. The quantitative estimate of drug-likeness (QED) is 0.791. The third-order valence-corrected chi connectivity index (χ3v) is 4.21. The van der Waals surface area contributed by atoms with Gasteiger partial charge in [-0.15, -0.1) is 0 Å². The fraction of sp³-hybridized carbons (Fsp3) is 0.833. The Morgan fingerprint density at radius 1 is 1.31 bits per heavy atom. The number of hydrogen-bond donors (Lipinski definition) is 1. The molecule has 2 aliphatic rings. The monoisotopic (exact) mass is 225 g/mol. The third kappa shape index (κ3) is 1.70. The van der Waals surface area contributed by atoms with Crippen LogP contribution in [-0.2, 0) is 9.59 Å². The molecule has 1 N–H and O–H groups in total. The molecule has 0 bridgehead atoms. The molecule has 0 aromatic carbocycles. The summed E-state index contributed by atoms with van der Waals surface area (Å²) in [6.45, 7) is 2.89. The topological polar surface area (TPSA) is 57.6 Å². The van der Waals surface area contributed by atoms with Gasteiger partial charge in [0.05, 0.1) is 5.92 Å². The molecule has 2 fully saturated rings. The molecule has 16 heavy (non-hydrogen) atoms. The maximum Gasteiger partial charge on any atom is 0.310 e. The van der Waals surface area contributed by atoms with E-state index in [-0.39, 0.29) is 17.2 Å². The van der Waals surface area contributed by atoms with Gasteiger partial charge in [-0.25, -0.2) is 0 Å². The van der Waals surface area contributed by atoms with E-state index in [9.17, 15) is 9.59 Å². The second-order valence-electron chi connectivity index (χ2n) is 5.09. The Labute approximate surface area is 95.6 Å². The Morgan fingerprint density at radius 3 is 2.31 bits per heavy atom. The van der Waals surface area contributed by atoms with Crippen LogP contribution in [0.1, 0.15) is 39.0 Å². The van der Waals surface area contributed by atoms with Crippen molar-refractivity contribution in [3.05, 3.63) is 0 Å². The van der Waals surface area contributed by atoms with Gasteiger partial charge in [0, 0.05) is 18.5 Å². The fourth-order valence-corrected chi connectivity index (χ4v) is 2.91. The van der Waals surface area contributed by atoms with Crippen molar-refractivity contribution in [1.82, 2.24) is 4.90 Å². The Bertz CT molecular complexity index is 301. The number of nitrogens with zero attached hydrogens (tertiary/aromatic N) is 1. The lowest BCUT2D eigenvalue weighted by atomic mass is 9.80. The van der Waals surface area contributed by atoms with Crippen LogP contribution < -0.4 is 0 Å². The minimum absolute atomic E-state index is 0.163. The van der Waals surface area contributed by atoms with Crippen LogP contribution in [0.2, 0.25) is 0 Å². The van der Waals surface area contributed by atoms with Crippen LogP contribution in [0.5, 0.6) is 0 Å². The zero-order valence-corrected chi connectivity index (χ0v) is 9.74. The number of carboxylic acid groups (broad SMARTS) is 1. The average molecular weight is 225 g/mol. The predicted octanol–water partition coefficient (Wildman–Crippen LogP) is 1.50. The highest BCUT2D eigenvalue weighted by Crippen LogP contribution is 2.43. The van der Waals surface area contributed by atoms with Crippen molar-refractivity contribution in [1.29, 1.82) is 0 Å². The lowest BCUT2D eigenvalue weighted by Crippen LogP contribution is -2.56. The number of hydrogen-bond acceptors (Lipinski definition) is 2. The largest absolute Gasteiger partial charge is 0.481 e. The number of aliphatic carboxylic acids is 1. The van der Waals surface area contributed by atoms with Crippen LogP contribution in [0, 0.1) is 11.3 Å². The van der Waals surface area contributed by atoms with Crippen LogP contribution in [0.4, 0.5) is 0 Å².